The third-order valence-electron chi connectivity index (χ3n) is 3.31. The Bertz CT molecular complexity index is 519. The predicted molar refractivity (Wildman–Crippen MR) is 67.5 cm³/mol. The van der Waals surface area contributed by atoms with Crippen molar-refractivity contribution in [2.75, 3.05) is 11.9 Å². The average molecular weight is 266 g/mol. The zero-order valence-corrected chi connectivity index (χ0v) is 10.5. The normalized spacial score (nSPS) is 18.4. The Morgan fingerprint density at radius 1 is 1.47 bits per heavy atom. The van der Waals surface area contributed by atoms with Crippen LogP contribution in [0.3, 0.4) is 0 Å². The van der Waals surface area contributed by atoms with E-state index in [2.05, 4.69) is 5.32 Å². The van der Waals surface area contributed by atoms with E-state index in [1.165, 1.54) is 17.0 Å². The molecule has 0 saturated carbocycles. The highest BCUT2D eigenvalue weighted by Crippen LogP contribution is 2.21. The van der Waals surface area contributed by atoms with Gasteiger partial charge in [0.15, 0.2) is 0 Å². The van der Waals surface area contributed by atoms with Crippen molar-refractivity contribution in [3.63, 3.8) is 0 Å². The second-order valence-corrected chi connectivity index (χ2v) is 4.53. The number of aliphatic carboxylic acids is 1. The van der Waals surface area contributed by atoms with Gasteiger partial charge in [-0.2, -0.15) is 0 Å². The van der Waals surface area contributed by atoms with E-state index in [0.717, 1.165) is 0 Å². The van der Waals surface area contributed by atoms with Gasteiger partial charge in [-0.15, -0.1) is 0 Å². The van der Waals surface area contributed by atoms with Crippen molar-refractivity contribution in [2.24, 2.45) is 0 Å². The molecule has 1 unspecified atom stereocenters. The van der Waals surface area contributed by atoms with Gasteiger partial charge in [0.25, 0.3) is 0 Å². The first-order valence-electron chi connectivity index (χ1n) is 6.06. The number of hydrogen-bond acceptors (Lipinski definition) is 2. The molecule has 0 aliphatic carbocycles. The summed E-state index contributed by atoms with van der Waals surface area (Å²) in [6.07, 6.45) is 1.11. The highest BCUT2D eigenvalue weighted by molar-refractivity contribution is 5.93. The number of carbonyl (C=O) groups is 2. The highest BCUT2D eigenvalue weighted by atomic mass is 19.1. The van der Waals surface area contributed by atoms with E-state index in [1.54, 1.807) is 13.0 Å². The molecular formula is C13H15FN2O3. The molecule has 2 N–H and O–H groups in total. The van der Waals surface area contributed by atoms with Gasteiger partial charge in [0.2, 0.25) is 0 Å². The molecule has 1 atom stereocenters. The Kier molecular flexibility index (Phi) is 3.69. The van der Waals surface area contributed by atoms with Crippen LogP contribution < -0.4 is 5.32 Å². The monoisotopic (exact) mass is 266 g/mol. The molecule has 1 aromatic rings. The van der Waals surface area contributed by atoms with Gasteiger partial charge in [0.05, 0.1) is 0 Å². The van der Waals surface area contributed by atoms with E-state index in [4.69, 9.17) is 5.11 Å². The minimum absolute atomic E-state index is 0.335. The van der Waals surface area contributed by atoms with Crippen molar-refractivity contribution >= 4 is 17.7 Å². The molecule has 0 radical (unpaired) electrons. The number of nitrogens with zero attached hydrogens (tertiary/aromatic N) is 1. The molecule has 0 bridgehead atoms. The lowest BCUT2D eigenvalue weighted by atomic mass is 10.2. The summed E-state index contributed by atoms with van der Waals surface area (Å²) in [5.74, 6) is -1.42. The summed E-state index contributed by atoms with van der Waals surface area (Å²) in [6, 6.07) is 3.09. The number of amides is 2. The second kappa shape index (κ2) is 5.26. The van der Waals surface area contributed by atoms with Crippen LogP contribution in [0.1, 0.15) is 18.4 Å². The van der Waals surface area contributed by atoms with Gasteiger partial charge in [0, 0.05) is 17.8 Å². The van der Waals surface area contributed by atoms with Crippen molar-refractivity contribution in [1.29, 1.82) is 0 Å². The lowest BCUT2D eigenvalue weighted by molar-refractivity contribution is -0.141. The minimum Gasteiger partial charge on any atom is -0.480 e. The third kappa shape index (κ3) is 2.67. The molecule has 2 rings (SSSR count). The van der Waals surface area contributed by atoms with E-state index < -0.39 is 23.9 Å². The van der Waals surface area contributed by atoms with Gasteiger partial charge in [-0.25, -0.2) is 14.0 Å². The highest BCUT2D eigenvalue weighted by Gasteiger charge is 2.34. The number of urea groups is 1. The number of rotatable bonds is 2. The maximum absolute atomic E-state index is 13.4. The van der Waals surface area contributed by atoms with Gasteiger partial charge < -0.3 is 15.3 Å². The van der Waals surface area contributed by atoms with Crippen molar-refractivity contribution in [3.8, 4) is 0 Å². The zero-order chi connectivity index (χ0) is 14.0. The van der Waals surface area contributed by atoms with Gasteiger partial charge in [-0.1, -0.05) is 6.07 Å². The number of hydrogen-bond donors (Lipinski definition) is 2. The van der Waals surface area contributed by atoms with E-state index in [0.29, 0.717) is 30.6 Å². The molecule has 1 aromatic carbocycles. The Labute approximate surface area is 110 Å². The summed E-state index contributed by atoms with van der Waals surface area (Å²) in [5, 5.41) is 11.6. The van der Waals surface area contributed by atoms with Gasteiger partial charge in [-0.05, 0) is 31.9 Å². The van der Waals surface area contributed by atoms with Crippen LogP contribution in [0.5, 0.6) is 0 Å². The first-order chi connectivity index (χ1) is 9.00. The molecule has 102 valence electrons. The second-order valence-electron chi connectivity index (χ2n) is 4.53. The zero-order valence-electron chi connectivity index (χ0n) is 10.5. The molecule has 1 aliphatic heterocycles. The Morgan fingerprint density at radius 3 is 2.89 bits per heavy atom. The number of carboxylic acids is 1. The van der Waals surface area contributed by atoms with Crippen LogP contribution in [0, 0.1) is 12.7 Å². The predicted octanol–water partition coefficient (Wildman–Crippen LogP) is 2.22. The maximum Gasteiger partial charge on any atom is 0.326 e. The Balaban J connectivity index is 2.13. The lowest BCUT2D eigenvalue weighted by Crippen LogP contribution is -2.42. The number of carbonyl (C=O) groups excluding carboxylic acids is 1. The summed E-state index contributed by atoms with van der Waals surface area (Å²) in [6.45, 7) is 1.96. The fourth-order valence-corrected chi connectivity index (χ4v) is 2.20. The molecule has 1 heterocycles. The quantitative estimate of drug-likeness (QED) is 0.862. The molecule has 6 heteroatoms. The summed E-state index contributed by atoms with van der Waals surface area (Å²) in [5.41, 5.74) is 0.697. The van der Waals surface area contributed by atoms with E-state index in [9.17, 15) is 14.0 Å². The number of carboxylic acid groups (broad SMARTS) is 1. The fourth-order valence-electron chi connectivity index (χ4n) is 2.20. The summed E-state index contributed by atoms with van der Waals surface area (Å²) >= 11 is 0. The maximum atomic E-state index is 13.4. The molecule has 0 spiro atoms. The van der Waals surface area contributed by atoms with Crippen LogP contribution >= 0.6 is 0 Å². The molecule has 19 heavy (non-hydrogen) atoms. The van der Waals surface area contributed by atoms with Gasteiger partial charge >= 0.3 is 12.0 Å². The number of nitrogens with one attached hydrogen (secondary N) is 1. The fraction of sp³-hybridized carbons (Fsp3) is 0.385. The van der Waals surface area contributed by atoms with Crippen LogP contribution in [-0.2, 0) is 4.79 Å². The van der Waals surface area contributed by atoms with Crippen molar-refractivity contribution < 1.29 is 19.1 Å². The van der Waals surface area contributed by atoms with E-state index in [1.807, 2.05) is 0 Å². The van der Waals surface area contributed by atoms with Gasteiger partial charge in [0.1, 0.15) is 11.9 Å². The van der Waals surface area contributed by atoms with E-state index >= 15 is 0 Å². The van der Waals surface area contributed by atoms with Gasteiger partial charge in [-0.3, -0.25) is 0 Å². The molecule has 1 fully saturated rings. The smallest absolute Gasteiger partial charge is 0.326 e. The SMILES string of the molecule is Cc1c(F)cccc1NC(=O)N1CCCC1C(=O)O. The van der Waals surface area contributed by atoms with Crippen LogP contribution in [0.15, 0.2) is 18.2 Å². The minimum atomic E-state index is -1.01. The average Bonchev–Trinajstić information content (AvgIpc) is 2.84. The summed E-state index contributed by atoms with van der Waals surface area (Å²) in [4.78, 5) is 24.3. The first kappa shape index (κ1) is 13.3. The summed E-state index contributed by atoms with van der Waals surface area (Å²) < 4.78 is 13.4. The molecule has 5 nitrogen and oxygen atoms in total. The van der Waals surface area contributed by atoms with Crippen LogP contribution in [0.25, 0.3) is 0 Å². The number of likely N-dealkylation sites (tertiary alicyclic amines) is 1. The molecule has 2 amide bonds. The largest absolute Gasteiger partial charge is 0.480 e. The molecular weight excluding hydrogens is 251 g/mol. The Hall–Kier alpha value is -2.11. The molecule has 1 saturated heterocycles. The summed E-state index contributed by atoms with van der Waals surface area (Å²) in [7, 11) is 0. The molecule has 1 aliphatic rings. The van der Waals surface area contributed by atoms with Crippen molar-refractivity contribution in [1.82, 2.24) is 4.90 Å². The Morgan fingerprint density at radius 2 is 2.21 bits per heavy atom. The topological polar surface area (TPSA) is 69.6 Å². The van der Waals surface area contributed by atoms with Crippen LogP contribution in [0.2, 0.25) is 0 Å². The lowest BCUT2D eigenvalue weighted by Gasteiger charge is -2.22. The number of halogens is 1. The number of benzene rings is 1. The third-order valence-corrected chi connectivity index (χ3v) is 3.31. The van der Waals surface area contributed by atoms with Crippen molar-refractivity contribution in [3.05, 3.63) is 29.6 Å². The molecule has 0 aromatic heterocycles. The standard InChI is InChI=1S/C13H15FN2O3/c1-8-9(14)4-2-5-10(8)15-13(19)16-7-3-6-11(16)12(17)18/h2,4-5,11H,3,6-7H2,1H3,(H,15,19)(H,17,18). The number of anilines is 1. The van der Waals surface area contributed by atoms with E-state index in [-0.39, 0.29) is 0 Å². The first-order valence-corrected chi connectivity index (χ1v) is 6.06. The van der Waals surface area contributed by atoms with Crippen LogP contribution in [-0.4, -0.2) is 34.6 Å². The van der Waals surface area contributed by atoms with Crippen molar-refractivity contribution in [2.45, 2.75) is 25.8 Å². The van der Waals surface area contributed by atoms with Crippen LogP contribution in [0.4, 0.5) is 14.9 Å².